The van der Waals surface area contributed by atoms with Gasteiger partial charge in [-0.1, -0.05) is 18.2 Å². The van der Waals surface area contributed by atoms with Crippen molar-refractivity contribution in [1.82, 2.24) is 9.80 Å². The zero-order valence-electron chi connectivity index (χ0n) is 14.1. The summed E-state index contributed by atoms with van der Waals surface area (Å²) in [5.74, 6) is 0.186. The lowest BCUT2D eigenvalue weighted by Gasteiger charge is -2.45. The number of nitrogens with zero attached hydrogens (tertiary/aromatic N) is 2. The van der Waals surface area contributed by atoms with Crippen LogP contribution < -0.4 is 5.32 Å². The summed E-state index contributed by atoms with van der Waals surface area (Å²) in [5, 5.41) is 3.15. The molecule has 3 aliphatic rings. The molecule has 0 aliphatic carbocycles. The molecule has 1 aromatic rings. The van der Waals surface area contributed by atoms with Gasteiger partial charge in [-0.25, -0.2) is 0 Å². The third-order valence-corrected chi connectivity index (χ3v) is 6.38. The Hall–Kier alpha value is -1.39. The molecule has 1 amide bonds. The van der Waals surface area contributed by atoms with E-state index >= 15 is 0 Å². The Bertz CT molecular complexity index is 592. The number of hydrogen-bond acceptors (Lipinski definition) is 3. The van der Waals surface area contributed by atoms with Gasteiger partial charge < -0.3 is 10.2 Å². The van der Waals surface area contributed by atoms with Crippen LogP contribution in [0.3, 0.4) is 0 Å². The van der Waals surface area contributed by atoms with Gasteiger partial charge in [-0.15, -0.1) is 0 Å². The van der Waals surface area contributed by atoms with Gasteiger partial charge >= 0.3 is 0 Å². The largest absolute Gasteiger partial charge is 0.324 e. The van der Waals surface area contributed by atoms with Gasteiger partial charge in [-0.3, -0.25) is 9.69 Å². The number of carbonyl (C=O) groups excluding carboxylic acids is 1. The van der Waals surface area contributed by atoms with Crippen LogP contribution in [0.25, 0.3) is 0 Å². The molecule has 1 spiro atoms. The summed E-state index contributed by atoms with van der Waals surface area (Å²) in [5.41, 5.74) is 2.69. The fourth-order valence-electron chi connectivity index (χ4n) is 4.80. The molecule has 4 rings (SSSR count). The molecule has 4 heteroatoms. The summed E-state index contributed by atoms with van der Waals surface area (Å²) >= 11 is 0. The Morgan fingerprint density at radius 3 is 2.65 bits per heavy atom. The van der Waals surface area contributed by atoms with Crippen molar-refractivity contribution < 1.29 is 4.79 Å². The summed E-state index contributed by atoms with van der Waals surface area (Å²) in [4.78, 5) is 17.7. The van der Waals surface area contributed by atoms with Crippen LogP contribution in [0.4, 0.5) is 5.69 Å². The number of hydrogen-bond donors (Lipinski definition) is 1. The van der Waals surface area contributed by atoms with E-state index in [1.165, 1.54) is 37.8 Å². The fraction of sp³-hybridized carbons (Fsp3) is 0.632. The van der Waals surface area contributed by atoms with Gasteiger partial charge in [0.25, 0.3) is 0 Å². The predicted molar refractivity (Wildman–Crippen MR) is 92.6 cm³/mol. The van der Waals surface area contributed by atoms with E-state index in [1.54, 1.807) is 0 Å². The molecule has 0 bridgehead atoms. The van der Waals surface area contributed by atoms with Crippen molar-refractivity contribution in [3.8, 4) is 0 Å². The molecule has 4 nitrogen and oxygen atoms in total. The molecule has 23 heavy (non-hydrogen) atoms. The van der Waals surface area contributed by atoms with Crippen LogP contribution in [0, 0.1) is 0 Å². The smallest absolute Gasteiger partial charge is 0.241 e. The van der Waals surface area contributed by atoms with E-state index in [1.807, 2.05) is 12.1 Å². The van der Waals surface area contributed by atoms with Crippen molar-refractivity contribution in [3.05, 3.63) is 29.8 Å². The van der Waals surface area contributed by atoms with Crippen LogP contribution in [0.15, 0.2) is 24.3 Å². The van der Waals surface area contributed by atoms with Gasteiger partial charge in [0.15, 0.2) is 0 Å². The first-order valence-corrected chi connectivity index (χ1v) is 9.02. The minimum Gasteiger partial charge on any atom is -0.324 e. The Morgan fingerprint density at radius 2 is 1.91 bits per heavy atom. The SMILES string of the molecule is CN1CCCC12CCN(C1CCc3ccccc3NC1=O)CC2. The van der Waals surface area contributed by atoms with Crippen molar-refractivity contribution in [3.63, 3.8) is 0 Å². The molecule has 3 aliphatic heterocycles. The molecule has 2 fully saturated rings. The number of likely N-dealkylation sites (tertiary alicyclic amines) is 2. The zero-order chi connectivity index (χ0) is 15.9. The number of aryl methyl sites for hydroxylation is 1. The lowest BCUT2D eigenvalue weighted by Crippen LogP contribution is -2.55. The molecule has 1 atom stereocenters. The molecule has 2 saturated heterocycles. The van der Waals surface area contributed by atoms with Crippen LogP contribution in [0.5, 0.6) is 0 Å². The van der Waals surface area contributed by atoms with Crippen molar-refractivity contribution in [2.24, 2.45) is 0 Å². The first-order chi connectivity index (χ1) is 11.2. The molecule has 0 radical (unpaired) electrons. The number of para-hydroxylation sites is 1. The quantitative estimate of drug-likeness (QED) is 0.865. The van der Waals surface area contributed by atoms with Crippen LogP contribution in [0.2, 0.25) is 0 Å². The van der Waals surface area contributed by atoms with Gasteiger partial charge in [-0.05, 0) is 63.7 Å². The second-order valence-corrected chi connectivity index (χ2v) is 7.49. The van der Waals surface area contributed by atoms with Crippen molar-refractivity contribution in [1.29, 1.82) is 0 Å². The Balaban J connectivity index is 1.45. The molecule has 3 heterocycles. The number of amides is 1. The molecule has 1 aromatic carbocycles. The second kappa shape index (κ2) is 5.91. The number of carbonyl (C=O) groups is 1. The maximum atomic E-state index is 12.7. The lowest BCUT2D eigenvalue weighted by molar-refractivity contribution is -0.122. The summed E-state index contributed by atoms with van der Waals surface area (Å²) in [6.07, 6.45) is 7.00. The molecular weight excluding hydrogens is 286 g/mol. The summed E-state index contributed by atoms with van der Waals surface area (Å²) in [6, 6.07) is 8.25. The van der Waals surface area contributed by atoms with E-state index in [4.69, 9.17) is 0 Å². The molecular formula is C19H27N3O. The maximum absolute atomic E-state index is 12.7. The van der Waals surface area contributed by atoms with Gasteiger partial charge in [0.1, 0.15) is 0 Å². The van der Waals surface area contributed by atoms with Gasteiger partial charge in [0.05, 0.1) is 6.04 Å². The highest BCUT2D eigenvalue weighted by molar-refractivity contribution is 5.96. The summed E-state index contributed by atoms with van der Waals surface area (Å²) in [6.45, 7) is 3.34. The normalized spacial score (nSPS) is 28.4. The average Bonchev–Trinajstić information content (AvgIpc) is 2.81. The summed E-state index contributed by atoms with van der Waals surface area (Å²) in [7, 11) is 2.28. The predicted octanol–water partition coefficient (Wildman–Crippen LogP) is 2.50. The average molecular weight is 313 g/mol. The zero-order valence-corrected chi connectivity index (χ0v) is 14.1. The van der Waals surface area contributed by atoms with Gasteiger partial charge in [-0.2, -0.15) is 0 Å². The monoisotopic (exact) mass is 313 g/mol. The molecule has 1 unspecified atom stereocenters. The van der Waals surface area contributed by atoms with E-state index < -0.39 is 0 Å². The van der Waals surface area contributed by atoms with E-state index in [0.717, 1.165) is 31.6 Å². The van der Waals surface area contributed by atoms with Crippen LogP contribution in [-0.4, -0.2) is 54.0 Å². The highest BCUT2D eigenvalue weighted by Crippen LogP contribution is 2.38. The third kappa shape index (κ3) is 2.68. The van der Waals surface area contributed by atoms with Crippen LogP contribution in [-0.2, 0) is 11.2 Å². The van der Waals surface area contributed by atoms with E-state index in [2.05, 4.69) is 34.3 Å². The van der Waals surface area contributed by atoms with E-state index in [-0.39, 0.29) is 11.9 Å². The number of rotatable bonds is 1. The fourth-order valence-corrected chi connectivity index (χ4v) is 4.80. The van der Waals surface area contributed by atoms with Crippen molar-refractivity contribution in [2.45, 2.75) is 50.1 Å². The third-order valence-electron chi connectivity index (χ3n) is 6.38. The van der Waals surface area contributed by atoms with E-state index in [0.29, 0.717) is 5.54 Å². The maximum Gasteiger partial charge on any atom is 0.241 e. The number of fused-ring (bicyclic) bond motifs is 1. The van der Waals surface area contributed by atoms with Crippen LogP contribution in [0.1, 0.15) is 37.7 Å². The first kappa shape index (κ1) is 15.2. The highest BCUT2D eigenvalue weighted by atomic mass is 16.2. The molecule has 124 valence electrons. The summed E-state index contributed by atoms with van der Waals surface area (Å²) < 4.78 is 0. The number of benzene rings is 1. The number of piperidine rings is 1. The topological polar surface area (TPSA) is 35.6 Å². The van der Waals surface area contributed by atoms with Crippen molar-refractivity contribution in [2.75, 3.05) is 32.0 Å². The Morgan fingerprint density at radius 1 is 1.13 bits per heavy atom. The molecule has 0 saturated carbocycles. The molecule has 0 aromatic heterocycles. The number of nitrogens with one attached hydrogen (secondary N) is 1. The van der Waals surface area contributed by atoms with Gasteiger partial charge in [0.2, 0.25) is 5.91 Å². The highest BCUT2D eigenvalue weighted by Gasteiger charge is 2.43. The number of anilines is 1. The standard InChI is InChI=1S/C19H27N3O/c1-21-12-4-9-19(21)10-13-22(14-11-19)17-8-7-15-5-2-3-6-16(15)20-18(17)23/h2-3,5-6,17H,4,7-14H2,1H3,(H,20,23). The minimum absolute atomic E-state index is 0.0338. The lowest BCUT2D eigenvalue weighted by atomic mass is 9.84. The van der Waals surface area contributed by atoms with Crippen LogP contribution >= 0.6 is 0 Å². The Kier molecular flexibility index (Phi) is 3.90. The van der Waals surface area contributed by atoms with Crippen molar-refractivity contribution >= 4 is 11.6 Å². The first-order valence-electron chi connectivity index (χ1n) is 9.02. The van der Waals surface area contributed by atoms with Gasteiger partial charge in [0, 0.05) is 24.3 Å². The minimum atomic E-state index is 0.0338. The van der Waals surface area contributed by atoms with E-state index in [9.17, 15) is 4.79 Å². The second-order valence-electron chi connectivity index (χ2n) is 7.49. The molecule has 1 N–H and O–H groups in total. The Labute approximate surface area is 138 Å².